The molecule has 0 fully saturated rings. The minimum atomic E-state index is -0.245. The number of benzene rings is 2. The van der Waals surface area contributed by atoms with Crippen LogP contribution >= 0.6 is 0 Å². The van der Waals surface area contributed by atoms with Gasteiger partial charge in [0.2, 0.25) is 5.95 Å². The Labute approximate surface area is 145 Å². The van der Waals surface area contributed by atoms with Crippen LogP contribution in [-0.4, -0.2) is 22.8 Å². The summed E-state index contributed by atoms with van der Waals surface area (Å²) in [5.41, 5.74) is 4.84. The number of anilines is 1. The molecule has 2 N–H and O–H groups in total. The summed E-state index contributed by atoms with van der Waals surface area (Å²) < 4.78 is 5.45. The molecular formula is C19H18N4O2. The van der Waals surface area contributed by atoms with Crippen LogP contribution in [0.1, 0.15) is 12.5 Å². The van der Waals surface area contributed by atoms with E-state index < -0.39 is 0 Å². The Kier molecular flexibility index (Phi) is 5.21. The average molecular weight is 334 g/mol. The van der Waals surface area contributed by atoms with Gasteiger partial charge in [-0.2, -0.15) is 5.10 Å². The summed E-state index contributed by atoms with van der Waals surface area (Å²) in [6, 6.07) is 18.5. The van der Waals surface area contributed by atoms with E-state index in [1.54, 1.807) is 6.21 Å². The Bertz CT molecular complexity index is 920. The average Bonchev–Trinajstić information content (AvgIpc) is 2.63. The van der Waals surface area contributed by atoms with Gasteiger partial charge in [0.05, 0.1) is 18.5 Å². The van der Waals surface area contributed by atoms with E-state index in [0.717, 1.165) is 16.9 Å². The molecule has 0 bridgehead atoms. The van der Waals surface area contributed by atoms with Crippen LogP contribution in [0.15, 0.2) is 70.6 Å². The van der Waals surface area contributed by atoms with E-state index in [1.807, 2.05) is 61.5 Å². The molecule has 0 spiro atoms. The number of aromatic nitrogens is 2. The molecule has 1 heterocycles. The molecule has 0 radical (unpaired) electrons. The summed E-state index contributed by atoms with van der Waals surface area (Å²) in [7, 11) is 0. The fraction of sp³-hybridized carbons (Fsp3) is 0.105. The van der Waals surface area contributed by atoms with E-state index in [1.165, 1.54) is 6.07 Å². The molecule has 3 aromatic rings. The molecule has 0 aliphatic carbocycles. The van der Waals surface area contributed by atoms with E-state index in [0.29, 0.717) is 12.3 Å². The normalized spacial score (nSPS) is 10.8. The first-order chi connectivity index (χ1) is 12.2. The second-order valence-corrected chi connectivity index (χ2v) is 5.22. The molecule has 6 heteroatoms. The van der Waals surface area contributed by atoms with Gasteiger partial charge in [-0.1, -0.05) is 42.5 Å². The summed E-state index contributed by atoms with van der Waals surface area (Å²) in [5.74, 6) is 1.06. The van der Waals surface area contributed by atoms with Crippen LogP contribution in [-0.2, 0) is 0 Å². The second-order valence-electron chi connectivity index (χ2n) is 5.22. The third-order valence-electron chi connectivity index (χ3n) is 3.36. The maximum absolute atomic E-state index is 11.8. The van der Waals surface area contributed by atoms with Crippen molar-refractivity contribution in [1.29, 1.82) is 0 Å². The van der Waals surface area contributed by atoms with Gasteiger partial charge in [0.25, 0.3) is 5.56 Å². The zero-order valence-electron chi connectivity index (χ0n) is 13.8. The van der Waals surface area contributed by atoms with Crippen LogP contribution in [0, 0.1) is 0 Å². The number of ether oxygens (including phenoxy) is 1. The highest BCUT2D eigenvalue weighted by Crippen LogP contribution is 2.15. The maximum Gasteiger partial charge on any atom is 0.252 e. The minimum absolute atomic E-state index is 0.245. The Morgan fingerprint density at radius 2 is 2.00 bits per heavy atom. The maximum atomic E-state index is 11.8. The lowest BCUT2D eigenvalue weighted by Crippen LogP contribution is -2.10. The Morgan fingerprint density at radius 3 is 2.80 bits per heavy atom. The molecule has 2 aromatic carbocycles. The number of nitrogens with one attached hydrogen (secondary N) is 2. The standard InChI is InChI=1S/C19H18N4O2/c1-2-25-16-10-6-7-14(11-16)13-20-23-19-21-17(12-18(24)22-19)15-8-4-3-5-9-15/h3-13H,2H2,1H3,(H2,21,22,23,24)/b20-13-. The molecule has 1 aromatic heterocycles. The summed E-state index contributed by atoms with van der Waals surface area (Å²) in [6.07, 6.45) is 1.64. The highest BCUT2D eigenvalue weighted by molar-refractivity contribution is 5.80. The molecule has 3 rings (SSSR count). The molecule has 0 saturated carbocycles. The van der Waals surface area contributed by atoms with E-state index in [-0.39, 0.29) is 11.5 Å². The molecule has 0 amide bonds. The van der Waals surface area contributed by atoms with Gasteiger partial charge in [0.15, 0.2) is 0 Å². The molecule has 126 valence electrons. The second kappa shape index (κ2) is 7.92. The lowest BCUT2D eigenvalue weighted by molar-refractivity contribution is 0.340. The van der Waals surface area contributed by atoms with Crippen LogP contribution in [0.3, 0.4) is 0 Å². The molecule has 0 saturated heterocycles. The van der Waals surface area contributed by atoms with E-state index in [2.05, 4.69) is 20.5 Å². The molecule has 25 heavy (non-hydrogen) atoms. The number of rotatable bonds is 6. The number of nitrogens with zero attached hydrogens (tertiary/aromatic N) is 2. The van der Waals surface area contributed by atoms with Crippen molar-refractivity contribution in [3.8, 4) is 17.0 Å². The summed E-state index contributed by atoms with van der Waals surface area (Å²) in [4.78, 5) is 18.8. The topological polar surface area (TPSA) is 79.4 Å². The Balaban J connectivity index is 1.76. The highest BCUT2D eigenvalue weighted by Gasteiger charge is 2.03. The first-order valence-electron chi connectivity index (χ1n) is 7.93. The minimum Gasteiger partial charge on any atom is -0.494 e. The zero-order chi connectivity index (χ0) is 17.5. The predicted molar refractivity (Wildman–Crippen MR) is 99.1 cm³/mol. The lowest BCUT2D eigenvalue weighted by Gasteiger charge is -2.04. The zero-order valence-corrected chi connectivity index (χ0v) is 13.8. The van der Waals surface area contributed by atoms with Crippen molar-refractivity contribution in [2.24, 2.45) is 5.10 Å². The fourth-order valence-electron chi connectivity index (χ4n) is 2.29. The van der Waals surface area contributed by atoms with E-state index in [4.69, 9.17) is 4.74 Å². The van der Waals surface area contributed by atoms with Crippen molar-refractivity contribution >= 4 is 12.2 Å². The summed E-state index contributed by atoms with van der Waals surface area (Å²) in [6.45, 7) is 2.54. The van der Waals surface area contributed by atoms with Crippen molar-refractivity contribution in [3.63, 3.8) is 0 Å². The van der Waals surface area contributed by atoms with Crippen LogP contribution in [0.4, 0.5) is 5.95 Å². The third-order valence-corrected chi connectivity index (χ3v) is 3.36. The van der Waals surface area contributed by atoms with Crippen molar-refractivity contribution in [2.75, 3.05) is 12.0 Å². The van der Waals surface area contributed by atoms with Crippen molar-refractivity contribution in [3.05, 3.63) is 76.6 Å². The summed E-state index contributed by atoms with van der Waals surface area (Å²) >= 11 is 0. The molecule has 0 unspecified atom stereocenters. The number of H-pyrrole nitrogens is 1. The quantitative estimate of drug-likeness (QED) is 0.535. The van der Waals surface area contributed by atoms with Crippen molar-refractivity contribution < 1.29 is 4.74 Å². The SMILES string of the molecule is CCOc1cccc(/C=N\Nc2nc(-c3ccccc3)cc(=O)[nH]2)c1. The van der Waals surface area contributed by atoms with Crippen LogP contribution < -0.4 is 15.7 Å². The van der Waals surface area contributed by atoms with Gasteiger partial charge in [-0.25, -0.2) is 10.4 Å². The molecule has 0 aliphatic rings. The van der Waals surface area contributed by atoms with Gasteiger partial charge in [0, 0.05) is 11.6 Å². The monoisotopic (exact) mass is 334 g/mol. The Hall–Kier alpha value is -3.41. The van der Waals surface area contributed by atoms with Crippen molar-refractivity contribution in [1.82, 2.24) is 9.97 Å². The fourth-order valence-corrected chi connectivity index (χ4v) is 2.29. The van der Waals surface area contributed by atoms with Gasteiger partial charge in [-0.15, -0.1) is 0 Å². The van der Waals surface area contributed by atoms with Crippen LogP contribution in [0.2, 0.25) is 0 Å². The van der Waals surface area contributed by atoms with Gasteiger partial charge in [0.1, 0.15) is 5.75 Å². The molecule has 0 atom stereocenters. The molecule has 0 aliphatic heterocycles. The van der Waals surface area contributed by atoms with Gasteiger partial charge >= 0.3 is 0 Å². The molecule has 6 nitrogen and oxygen atoms in total. The summed E-state index contributed by atoms with van der Waals surface area (Å²) in [5, 5.41) is 4.13. The molecular weight excluding hydrogens is 316 g/mol. The third kappa shape index (κ3) is 4.54. The van der Waals surface area contributed by atoms with E-state index >= 15 is 0 Å². The van der Waals surface area contributed by atoms with E-state index in [9.17, 15) is 4.79 Å². The first-order valence-corrected chi connectivity index (χ1v) is 7.93. The van der Waals surface area contributed by atoms with Gasteiger partial charge in [-0.3, -0.25) is 9.78 Å². The number of hydrazone groups is 1. The lowest BCUT2D eigenvalue weighted by atomic mass is 10.1. The highest BCUT2D eigenvalue weighted by atomic mass is 16.5. The number of hydrogen-bond donors (Lipinski definition) is 2. The first kappa shape index (κ1) is 16.4. The number of hydrogen-bond acceptors (Lipinski definition) is 5. The predicted octanol–water partition coefficient (Wildman–Crippen LogP) is 3.28. The van der Waals surface area contributed by atoms with Gasteiger partial charge < -0.3 is 4.74 Å². The van der Waals surface area contributed by atoms with Crippen molar-refractivity contribution in [2.45, 2.75) is 6.92 Å². The van der Waals surface area contributed by atoms with Crippen LogP contribution in [0.25, 0.3) is 11.3 Å². The Morgan fingerprint density at radius 1 is 1.16 bits per heavy atom. The van der Waals surface area contributed by atoms with Crippen LogP contribution in [0.5, 0.6) is 5.75 Å². The van der Waals surface area contributed by atoms with Gasteiger partial charge in [-0.05, 0) is 24.6 Å². The largest absolute Gasteiger partial charge is 0.494 e. The smallest absolute Gasteiger partial charge is 0.252 e. The number of aromatic amines is 1.